The monoisotopic (exact) mass is 384 g/mol. The molecule has 2 saturated carbocycles. The van der Waals surface area contributed by atoms with Crippen molar-refractivity contribution in [1.29, 1.82) is 0 Å². The molecule has 1 unspecified atom stereocenters. The van der Waals surface area contributed by atoms with E-state index in [9.17, 15) is 4.79 Å². The third-order valence-corrected chi connectivity index (χ3v) is 6.49. The van der Waals surface area contributed by atoms with E-state index in [0.29, 0.717) is 12.5 Å². The van der Waals surface area contributed by atoms with Gasteiger partial charge in [-0.3, -0.25) is 4.79 Å². The van der Waals surface area contributed by atoms with Gasteiger partial charge in [0.2, 0.25) is 5.91 Å². The maximum Gasteiger partial charge on any atom is 0.225 e. The van der Waals surface area contributed by atoms with Crippen LogP contribution in [0.5, 0.6) is 11.5 Å². The number of carbonyl (C=O) groups excluding carboxylic acids is 1. The van der Waals surface area contributed by atoms with Crippen LogP contribution in [0.25, 0.3) is 0 Å². The predicted molar refractivity (Wildman–Crippen MR) is 105 cm³/mol. The number of amides is 1. The Morgan fingerprint density at radius 1 is 1.21 bits per heavy atom. The van der Waals surface area contributed by atoms with Gasteiger partial charge in [0, 0.05) is 30.9 Å². The SMILES string of the molecule is COc1ccc(C2=NOC3(CCN(C(=O)C4CC4)C3)C2)cc1OC1CCCC1. The minimum Gasteiger partial charge on any atom is -0.493 e. The van der Waals surface area contributed by atoms with Crippen LogP contribution in [-0.2, 0) is 9.63 Å². The van der Waals surface area contributed by atoms with Gasteiger partial charge in [-0.2, -0.15) is 0 Å². The van der Waals surface area contributed by atoms with Crippen LogP contribution in [0.15, 0.2) is 23.4 Å². The Kier molecular flexibility index (Phi) is 4.44. The third kappa shape index (κ3) is 3.33. The Balaban J connectivity index is 1.29. The van der Waals surface area contributed by atoms with E-state index in [2.05, 4.69) is 5.16 Å². The van der Waals surface area contributed by atoms with Gasteiger partial charge in [0.1, 0.15) is 0 Å². The summed E-state index contributed by atoms with van der Waals surface area (Å²) >= 11 is 0. The number of carbonyl (C=O) groups is 1. The maximum absolute atomic E-state index is 12.4. The van der Waals surface area contributed by atoms with E-state index in [-0.39, 0.29) is 17.6 Å². The predicted octanol–water partition coefficient (Wildman–Crippen LogP) is 3.52. The maximum atomic E-state index is 12.4. The van der Waals surface area contributed by atoms with E-state index < -0.39 is 0 Å². The van der Waals surface area contributed by atoms with Crippen molar-refractivity contribution in [2.75, 3.05) is 20.2 Å². The normalized spacial score (nSPS) is 27.2. The molecule has 28 heavy (non-hydrogen) atoms. The molecule has 1 saturated heterocycles. The molecule has 3 fully saturated rings. The van der Waals surface area contributed by atoms with Crippen LogP contribution < -0.4 is 9.47 Å². The first kappa shape index (κ1) is 17.8. The van der Waals surface area contributed by atoms with E-state index in [0.717, 1.165) is 67.8 Å². The molecule has 0 N–H and O–H groups in total. The average molecular weight is 384 g/mol. The van der Waals surface area contributed by atoms with E-state index in [1.165, 1.54) is 12.8 Å². The van der Waals surface area contributed by atoms with Gasteiger partial charge in [0.25, 0.3) is 0 Å². The number of hydrogen-bond donors (Lipinski definition) is 0. The number of likely N-dealkylation sites (tertiary alicyclic amines) is 1. The molecule has 2 aliphatic heterocycles. The zero-order chi connectivity index (χ0) is 19.1. The van der Waals surface area contributed by atoms with Crippen LogP contribution in [-0.4, -0.2) is 48.4 Å². The minimum atomic E-state index is -0.355. The van der Waals surface area contributed by atoms with Crippen molar-refractivity contribution < 1.29 is 19.1 Å². The molecule has 2 heterocycles. The number of rotatable bonds is 5. The molecular weight excluding hydrogens is 356 g/mol. The number of oxime groups is 1. The van der Waals surface area contributed by atoms with Gasteiger partial charge in [-0.25, -0.2) is 0 Å². The van der Waals surface area contributed by atoms with Crippen LogP contribution in [0, 0.1) is 5.92 Å². The molecule has 1 aromatic carbocycles. The standard InChI is InChI=1S/C22H28N2O4/c1-26-19-9-8-16(12-20(19)27-17-4-2-3-5-17)18-13-22(28-23-18)10-11-24(14-22)21(25)15-6-7-15/h8-9,12,15,17H,2-7,10-11,13-14H2,1H3. The van der Waals surface area contributed by atoms with E-state index in [1.807, 2.05) is 23.1 Å². The Labute approximate surface area is 165 Å². The Hall–Kier alpha value is -2.24. The second kappa shape index (κ2) is 6.98. The van der Waals surface area contributed by atoms with Crippen LogP contribution in [0.4, 0.5) is 0 Å². The first-order valence-corrected chi connectivity index (χ1v) is 10.5. The number of ether oxygens (including phenoxy) is 2. The summed E-state index contributed by atoms with van der Waals surface area (Å²) in [6.07, 6.45) is 8.60. The summed E-state index contributed by atoms with van der Waals surface area (Å²) in [4.78, 5) is 20.3. The molecule has 1 spiro atoms. The molecular formula is C22H28N2O4. The summed E-state index contributed by atoms with van der Waals surface area (Å²) in [5.74, 6) is 2.10. The highest BCUT2D eigenvalue weighted by molar-refractivity contribution is 6.02. The smallest absolute Gasteiger partial charge is 0.225 e. The van der Waals surface area contributed by atoms with E-state index >= 15 is 0 Å². The van der Waals surface area contributed by atoms with E-state index in [1.54, 1.807) is 7.11 Å². The highest BCUT2D eigenvalue weighted by Crippen LogP contribution is 2.40. The highest BCUT2D eigenvalue weighted by atomic mass is 16.7. The number of nitrogens with zero attached hydrogens (tertiary/aromatic N) is 2. The molecule has 1 amide bonds. The average Bonchev–Trinajstić information content (AvgIpc) is 3.10. The van der Waals surface area contributed by atoms with Crippen molar-refractivity contribution >= 4 is 11.6 Å². The molecule has 0 aromatic heterocycles. The van der Waals surface area contributed by atoms with Crippen LogP contribution in [0.2, 0.25) is 0 Å². The summed E-state index contributed by atoms with van der Waals surface area (Å²) in [7, 11) is 1.67. The highest BCUT2D eigenvalue weighted by Gasteiger charge is 2.48. The fourth-order valence-corrected chi connectivity index (χ4v) is 4.65. The number of benzene rings is 1. The summed E-state index contributed by atoms with van der Waals surface area (Å²) < 4.78 is 11.7. The summed E-state index contributed by atoms with van der Waals surface area (Å²) in [6.45, 7) is 1.42. The van der Waals surface area contributed by atoms with Gasteiger partial charge in [-0.05, 0) is 56.7 Å². The fraction of sp³-hybridized carbons (Fsp3) is 0.636. The van der Waals surface area contributed by atoms with Gasteiger partial charge in [-0.1, -0.05) is 5.16 Å². The molecule has 1 atom stereocenters. The Morgan fingerprint density at radius 2 is 2.04 bits per heavy atom. The minimum absolute atomic E-state index is 0.258. The van der Waals surface area contributed by atoms with Crippen molar-refractivity contribution in [2.24, 2.45) is 11.1 Å². The lowest BCUT2D eigenvalue weighted by atomic mass is 9.93. The molecule has 0 bridgehead atoms. The number of hydrogen-bond acceptors (Lipinski definition) is 5. The molecule has 150 valence electrons. The summed E-state index contributed by atoms with van der Waals surface area (Å²) in [5.41, 5.74) is 1.59. The topological polar surface area (TPSA) is 60.4 Å². The third-order valence-electron chi connectivity index (χ3n) is 6.49. The molecule has 1 aromatic rings. The van der Waals surface area contributed by atoms with E-state index in [4.69, 9.17) is 14.3 Å². The van der Waals surface area contributed by atoms with Gasteiger partial charge in [0.05, 0.1) is 25.5 Å². The lowest BCUT2D eigenvalue weighted by Gasteiger charge is -2.22. The quantitative estimate of drug-likeness (QED) is 0.779. The summed E-state index contributed by atoms with van der Waals surface area (Å²) in [6, 6.07) is 5.99. The number of methoxy groups -OCH3 is 1. The summed E-state index contributed by atoms with van der Waals surface area (Å²) in [5, 5.41) is 4.41. The van der Waals surface area contributed by atoms with Crippen molar-refractivity contribution in [1.82, 2.24) is 4.90 Å². The Bertz CT molecular complexity index is 798. The fourth-order valence-electron chi connectivity index (χ4n) is 4.65. The van der Waals surface area contributed by atoms with Gasteiger partial charge >= 0.3 is 0 Å². The van der Waals surface area contributed by atoms with Crippen LogP contribution in [0.1, 0.15) is 56.9 Å². The molecule has 5 rings (SSSR count). The molecule has 6 heteroatoms. The van der Waals surface area contributed by atoms with Gasteiger partial charge in [0.15, 0.2) is 17.1 Å². The van der Waals surface area contributed by atoms with Crippen molar-refractivity contribution in [3.63, 3.8) is 0 Å². The molecule has 0 radical (unpaired) electrons. The first-order valence-electron chi connectivity index (χ1n) is 10.5. The Morgan fingerprint density at radius 3 is 2.79 bits per heavy atom. The van der Waals surface area contributed by atoms with Gasteiger partial charge in [-0.15, -0.1) is 0 Å². The lowest BCUT2D eigenvalue weighted by molar-refractivity contribution is -0.132. The second-order valence-electron chi connectivity index (χ2n) is 8.66. The van der Waals surface area contributed by atoms with Crippen LogP contribution in [0.3, 0.4) is 0 Å². The first-order chi connectivity index (χ1) is 13.7. The largest absolute Gasteiger partial charge is 0.493 e. The zero-order valence-corrected chi connectivity index (χ0v) is 16.5. The second-order valence-corrected chi connectivity index (χ2v) is 8.66. The van der Waals surface area contributed by atoms with Crippen molar-refractivity contribution in [2.45, 2.75) is 63.1 Å². The van der Waals surface area contributed by atoms with Gasteiger partial charge < -0.3 is 19.2 Å². The van der Waals surface area contributed by atoms with Crippen molar-refractivity contribution in [3.8, 4) is 11.5 Å². The molecule has 6 nitrogen and oxygen atoms in total. The van der Waals surface area contributed by atoms with Crippen molar-refractivity contribution in [3.05, 3.63) is 23.8 Å². The van der Waals surface area contributed by atoms with Crippen LogP contribution >= 0.6 is 0 Å². The molecule has 2 aliphatic carbocycles. The zero-order valence-electron chi connectivity index (χ0n) is 16.5. The molecule has 4 aliphatic rings. The lowest BCUT2D eigenvalue weighted by Crippen LogP contribution is -2.37.